The Morgan fingerprint density at radius 1 is 1.03 bits per heavy atom. The van der Waals surface area contributed by atoms with Crippen LogP contribution in [0, 0.1) is 0 Å². The zero-order valence-corrected chi connectivity index (χ0v) is 19.7. The van der Waals surface area contributed by atoms with Gasteiger partial charge in [0.2, 0.25) is 5.52 Å². The van der Waals surface area contributed by atoms with Gasteiger partial charge in [-0.2, -0.15) is 4.57 Å². The number of anilines is 1. The number of allylic oxidation sites excluding steroid dienone is 3. The molecule has 3 aromatic rings. The molecule has 0 aliphatic carbocycles. The molecular weight excluding hydrogens is 464 g/mol. The quantitative estimate of drug-likeness (QED) is 0.408. The summed E-state index contributed by atoms with van der Waals surface area (Å²) >= 11 is 0. The van der Waals surface area contributed by atoms with Gasteiger partial charge >= 0.3 is 5.97 Å². The first-order chi connectivity index (χ1) is 15.1. The highest BCUT2D eigenvalue weighted by molar-refractivity contribution is 5.85. The maximum absolute atomic E-state index is 10.7. The molecule has 32 heavy (non-hydrogen) atoms. The number of carbonyl (C=O) groups is 1. The van der Waals surface area contributed by atoms with Gasteiger partial charge in [-0.1, -0.05) is 48.6 Å². The minimum Gasteiger partial charge on any atom is -1.00 e. The van der Waals surface area contributed by atoms with Crippen molar-refractivity contribution in [1.29, 1.82) is 0 Å². The van der Waals surface area contributed by atoms with Crippen molar-refractivity contribution < 1.29 is 31.4 Å². The average Bonchev–Trinajstić information content (AvgIpc) is 2.79. The highest BCUT2D eigenvalue weighted by atomic mass is 79.9. The second-order valence-electron chi connectivity index (χ2n) is 7.73. The fraction of sp³-hybridized carbons (Fsp3) is 0.185. The monoisotopic (exact) mass is 490 g/mol. The van der Waals surface area contributed by atoms with Crippen LogP contribution < -0.4 is 26.4 Å². The molecule has 1 aliphatic rings. The summed E-state index contributed by atoms with van der Waals surface area (Å²) in [5.74, 6) is -0.730. The largest absolute Gasteiger partial charge is 1.00 e. The van der Waals surface area contributed by atoms with Gasteiger partial charge < -0.3 is 27.0 Å². The van der Waals surface area contributed by atoms with Gasteiger partial charge in [0.25, 0.3) is 0 Å². The van der Waals surface area contributed by atoms with Gasteiger partial charge in [0.15, 0.2) is 6.20 Å². The Bertz CT molecular complexity index is 1200. The number of nitrogens with zero attached hydrogens (tertiary/aromatic N) is 2. The highest BCUT2D eigenvalue weighted by Crippen LogP contribution is 2.29. The van der Waals surface area contributed by atoms with Gasteiger partial charge in [0, 0.05) is 43.4 Å². The van der Waals surface area contributed by atoms with Crippen LogP contribution >= 0.6 is 0 Å². The molecule has 0 fully saturated rings. The molecule has 0 bridgehead atoms. The summed E-state index contributed by atoms with van der Waals surface area (Å²) in [6.07, 6.45) is 14.5. The van der Waals surface area contributed by atoms with Crippen molar-refractivity contribution in [3.63, 3.8) is 0 Å². The number of unbranched alkanes of at least 4 members (excludes halogenated alkanes) is 1. The van der Waals surface area contributed by atoms with Gasteiger partial charge in [0.1, 0.15) is 6.54 Å². The number of likely N-dealkylation sites (N-methyl/N-ethyl adjacent to an activating group) is 1. The number of aromatic nitrogens is 1. The molecule has 1 aromatic heterocycles. The number of hydrogen-bond donors (Lipinski definition) is 1. The number of carboxylic acid groups (broad SMARTS) is 1. The fourth-order valence-corrected chi connectivity index (χ4v) is 3.98. The molecule has 2 aromatic carbocycles. The summed E-state index contributed by atoms with van der Waals surface area (Å²) in [4.78, 5) is 12.9. The van der Waals surface area contributed by atoms with E-state index in [4.69, 9.17) is 5.11 Å². The van der Waals surface area contributed by atoms with Gasteiger partial charge in [-0.05, 0) is 41.8 Å². The Labute approximate surface area is 199 Å². The summed E-state index contributed by atoms with van der Waals surface area (Å²) in [6, 6.07) is 18.9. The van der Waals surface area contributed by atoms with Crippen molar-refractivity contribution in [3.8, 4) is 0 Å². The normalized spacial score (nSPS) is 14.0. The molecule has 1 aliphatic heterocycles. The first-order valence-corrected chi connectivity index (χ1v) is 10.7. The van der Waals surface area contributed by atoms with Crippen molar-refractivity contribution in [2.24, 2.45) is 0 Å². The van der Waals surface area contributed by atoms with E-state index in [0.29, 0.717) is 6.42 Å². The lowest BCUT2D eigenvalue weighted by Crippen LogP contribution is -3.00. The molecule has 0 saturated carbocycles. The second kappa shape index (κ2) is 10.9. The number of aliphatic carboxylic acids is 1. The molecule has 0 amide bonds. The topological polar surface area (TPSA) is 44.4 Å². The van der Waals surface area contributed by atoms with Gasteiger partial charge in [-0.3, -0.25) is 4.79 Å². The molecule has 0 saturated heterocycles. The molecule has 164 valence electrons. The van der Waals surface area contributed by atoms with Gasteiger partial charge in [0.05, 0.1) is 5.39 Å². The Balaban J connectivity index is 0.00000289. The number of fused-ring (bicyclic) bond motifs is 2. The van der Waals surface area contributed by atoms with Crippen molar-refractivity contribution in [2.75, 3.05) is 11.9 Å². The first kappa shape index (κ1) is 23.5. The molecule has 0 atom stereocenters. The van der Waals surface area contributed by atoms with Crippen LogP contribution in [0.15, 0.2) is 84.7 Å². The standard InChI is InChI=1S/C27H26N2O2.BrH/c1-28-23(17-16-22-9-2-4-13-25(22)28)11-8-10-21-18-20-29(19-7-6-15-27(30)31)26-14-5-3-12-24(21)26;/h2-5,8-14,16-18,20H,6-7,15,19H2,1H3;1H. The molecule has 2 heterocycles. The number of benzene rings is 2. The lowest BCUT2D eigenvalue weighted by atomic mass is 10.1. The van der Waals surface area contributed by atoms with E-state index in [2.05, 4.69) is 102 Å². The Morgan fingerprint density at radius 2 is 1.81 bits per heavy atom. The summed E-state index contributed by atoms with van der Waals surface area (Å²) in [7, 11) is 2.09. The Kier molecular flexibility index (Phi) is 8.01. The molecule has 4 nitrogen and oxygen atoms in total. The van der Waals surface area contributed by atoms with E-state index in [1.54, 1.807) is 0 Å². The molecule has 0 spiro atoms. The Morgan fingerprint density at radius 3 is 2.66 bits per heavy atom. The third-order valence-electron chi connectivity index (χ3n) is 5.66. The predicted molar refractivity (Wildman–Crippen MR) is 127 cm³/mol. The number of para-hydroxylation sites is 2. The highest BCUT2D eigenvalue weighted by Gasteiger charge is 2.13. The van der Waals surface area contributed by atoms with Crippen LogP contribution in [-0.2, 0) is 11.3 Å². The van der Waals surface area contributed by atoms with Crippen LogP contribution in [0.25, 0.3) is 23.1 Å². The zero-order chi connectivity index (χ0) is 21.6. The smallest absolute Gasteiger partial charge is 0.303 e. The Hall–Kier alpha value is -3.18. The van der Waals surface area contributed by atoms with Crippen LogP contribution in [0.5, 0.6) is 0 Å². The van der Waals surface area contributed by atoms with Crippen LogP contribution in [0.4, 0.5) is 5.69 Å². The van der Waals surface area contributed by atoms with E-state index in [-0.39, 0.29) is 23.4 Å². The average molecular weight is 491 g/mol. The van der Waals surface area contributed by atoms with E-state index in [9.17, 15) is 4.79 Å². The first-order valence-electron chi connectivity index (χ1n) is 10.7. The summed E-state index contributed by atoms with van der Waals surface area (Å²) in [5.41, 5.74) is 5.91. The number of carboxylic acids is 1. The minimum absolute atomic E-state index is 0. The molecule has 5 heteroatoms. The van der Waals surface area contributed by atoms with E-state index < -0.39 is 5.97 Å². The van der Waals surface area contributed by atoms with Crippen molar-refractivity contribution >= 4 is 34.7 Å². The molecule has 4 rings (SSSR count). The van der Waals surface area contributed by atoms with E-state index in [0.717, 1.165) is 29.7 Å². The maximum atomic E-state index is 10.7. The van der Waals surface area contributed by atoms with Crippen LogP contribution in [-0.4, -0.2) is 18.1 Å². The molecule has 0 radical (unpaired) electrons. The summed E-state index contributed by atoms with van der Waals surface area (Å²) in [6.45, 7) is 0.816. The van der Waals surface area contributed by atoms with Crippen LogP contribution in [0.2, 0.25) is 0 Å². The number of hydrogen-bond acceptors (Lipinski definition) is 2. The van der Waals surface area contributed by atoms with E-state index in [1.807, 2.05) is 6.07 Å². The van der Waals surface area contributed by atoms with Crippen molar-refractivity contribution in [3.05, 3.63) is 95.8 Å². The van der Waals surface area contributed by atoms with E-state index in [1.165, 1.54) is 16.6 Å². The fourth-order valence-electron chi connectivity index (χ4n) is 3.98. The number of halogens is 1. The predicted octanol–water partition coefficient (Wildman–Crippen LogP) is 2.45. The summed E-state index contributed by atoms with van der Waals surface area (Å²) in [5, 5.41) is 10.0. The number of aryl methyl sites for hydroxylation is 1. The lowest BCUT2D eigenvalue weighted by Gasteiger charge is -2.26. The maximum Gasteiger partial charge on any atom is 0.303 e. The third-order valence-corrected chi connectivity index (χ3v) is 5.66. The van der Waals surface area contributed by atoms with Gasteiger partial charge in [-0.15, -0.1) is 0 Å². The summed E-state index contributed by atoms with van der Waals surface area (Å²) < 4.78 is 2.21. The van der Waals surface area contributed by atoms with Crippen LogP contribution in [0.3, 0.4) is 0 Å². The zero-order valence-electron chi connectivity index (χ0n) is 18.1. The van der Waals surface area contributed by atoms with E-state index >= 15 is 0 Å². The van der Waals surface area contributed by atoms with Crippen molar-refractivity contribution in [1.82, 2.24) is 0 Å². The lowest BCUT2D eigenvalue weighted by molar-refractivity contribution is -0.671. The second-order valence-corrected chi connectivity index (χ2v) is 7.73. The molecule has 0 unspecified atom stereocenters. The number of pyridine rings is 1. The molecular formula is C27H27BrN2O2. The molecule has 1 N–H and O–H groups in total. The minimum atomic E-state index is -0.730. The van der Waals surface area contributed by atoms with Gasteiger partial charge in [-0.25, -0.2) is 0 Å². The number of rotatable bonds is 7. The SMILES string of the molecule is CN1/C(=C/C=C/c2cc[n+](CCCCC(=O)O)c3ccccc23)C=Cc2ccccc21.[Br-]. The third kappa shape index (κ3) is 5.35. The van der Waals surface area contributed by atoms with Crippen LogP contribution in [0.1, 0.15) is 30.4 Å². The van der Waals surface area contributed by atoms with Crippen molar-refractivity contribution in [2.45, 2.75) is 25.8 Å².